The average molecular weight is 397 g/mol. The monoisotopic (exact) mass is 396 g/mol. The Bertz CT molecular complexity index is 1040. The van der Waals surface area contributed by atoms with Crippen LogP contribution in [0.3, 0.4) is 0 Å². The Kier molecular flexibility index (Phi) is 6.24. The molecule has 0 atom stereocenters. The number of hydrazone groups is 1. The number of carboxylic acids is 1. The molecule has 3 aromatic rings. The van der Waals surface area contributed by atoms with E-state index in [1.807, 2.05) is 42.5 Å². The van der Waals surface area contributed by atoms with Gasteiger partial charge < -0.3 is 9.84 Å². The van der Waals surface area contributed by atoms with E-state index in [2.05, 4.69) is 10.5 Å². The van der Waals surface area contributed by atoms with E-state index in [0.29, 0.717) is 5.56 Å². The molecule has 0 spiro atoms. The second kappa shape index (κ2) is 9.01. The maximum atomic E-state index is 12.2. The number of nitrogens with zero attached hydrogens (tertiary/aromatic N) is 1. The van der Waals surface area contributed by atoms with Crippen LogP contribution < -0.4 is 10.2 Å². The molecule has 0 aliphatic rings. The van der Waals surface area contributed by atoms with Crippen molar-refractivity contribution in [3.63, 3.8) is 0 Å². The number of aliphatic carboxylic acids is 1. The van der Waals surface area contributed by atoms with Crippen LogP contribution in [0, 0.1) is 0 Å². The van der Waals surface area contributed by atoms with Crippen LogP contribution in [0.25, 0.3) is 10.8 Å². The van der Waals surface area contributed by atoms with Crippen molar-refractivity contribution in [3.05, 3.63) is 76.8 Å². The summed E-state index contributed by atoms with van der Waals surface area (Å²) in [5.41, 5.74) is 4.06. The first-order valence-electron chi connectivity index (χ1n) is 8.45. The number of carboxylic acid groups (broad SMARTS) is 1. The first-order chi connectivity index (χ1) is 13.5. The van der Waals surface area contributed by atoms with Gasteiger partial charge in [-0.15, -0.1) is 0 Å². The maximum absolute atomic E-state index is 12.2. The van der Waals surface area contributed by atoms with Crippen molar-refractivity contribution >= 4 is 40.5 Å². The third-order valence-corrected chi connectivity index (χ3v) is 4.24. The predicted octanol–water partition coefficient (Wildman–Crippen LogP) is 3.65. The minimum atomic E-state index is -1.09. The number of fused-ring (bicyclic) bond motifs is 1. The zero-order chi connectivity index (χ0) is 19.9. The fourth-order valence-electron chi connectivity index (χ4n) is 2.69. The first kappa shape index (κ1) is 19.4. The highest BCUT2D eigenvalue weighted by atomic mass is 35.5. The smallest absolute Gasteiger partial charge is 0.341 e. The van der Waals surface area contributed by atoms with E-state index in [9.17, 15) is 9.59 Å². The number of amides is 1. The van der Waals surface area contributed by atoms with E-state index in [4.69, 9.17) is 21.4 Å². The Balaban J connectivity index is 1.60. The van der Waals surface area contributed by atoms with Crippen molar-refractivity contribution in [2.45, 2.75) is 6.42 Å². The van der Waals surface area contributed by atoms with Gasteiger partial charge in [0.15, 0.2) is 6.61 Å². The molecule has 6 nitrogen and oxygen atoms in total. The Labute approximate surface area is 166 Å². The van der Waals surface area contributed by atoms with Crippen LogP contribution in [-0.4, -0.2) is 29.8 Å². The van der Waals surface area contributed by atoms with Gasteiger partial charge in [-0.05, 0) is 40.1 Å². The number of carbonyl (C=O) groups is 2. The van der Waals surface area contributed by atoms with E-state index < -0.39 is 12.6 Å². The zero-order valence-corrected chi connectivity index (χ0v) is 15.5. The van der Waals surface area contributed by atoms with Crippen molar-refractivity contribution in [2.24, 2.45) is 5.10 Å². The summed E-state index contributed by atoms with van der Waals surface area (Å²) in [7, 11) is 0. The summed E-state index contributed by atoms with van der Waals surface area (Å²) in [6.45, 7) is -0.475. The lowest BCUT2D eigenvalue weighted by molar-refractivity contribution is -0.139. The zero-order valence-electron chi connectivity index (χ0n) is 14.8. The average Bonchev–Trinajstić information content (AvgIpc) is 2.67. The standard InChI is InChI=1S/C21H17ClN2O4/c22-18-10-14(8-9-19(18)28-13-21(26)27)12-23-24-20(25)11-16-6-3-5-15-4-1-2-7-17(15)16/h1-10,12H,11,13H2,(H,24,25)(H,26,27). The molecule has 3 aromatic carbocycles. The lowest BCUT2D eigenvalue weighted by atomic mass is 10.0. The summed E-state index contributed by atoms with van der Waals surface area (Å²) < 4.78 is 5.05. The third kappa shape index (κ3) is 5.08. The largest absolute Gasteiger partial charge is 0.480 e. The molecule has 142 valence electrons. The van der Waals surface area contributed by atoms with Crippen LogP contribution in [0.15, 0.2) is 65.8 Å². The van der Waals surface area contributed by atoms with Crippen LogP contribution in [-0.2, 0) is 16.0 Å². The normalized spacial score (nSPS) is 10.9. The molecular formula is C21H17ClN2O4. The van der Waals surface area contributed by atoms with Gasteiger partial charge in [-0.1, -0.05) is 54.1 Å². The second-order valence-electron chi connectivity index (χ2n) is 5.98. The molecule has 0 aliphatic heterocycles. The topological polar surface area (TPSA) is 88.0 Å². The number of rotatable bonds is 7. The number of benzene rings is 3. The summed E-state index contributed by atoms with van der Waals surface area (Å²) in [5, 5.41) is 14.9. The van der Waals surface area contributed by atoms with Gasteiger partial charge in [0.1, 0.15) is 5.75 Å². The van der Waals surface area contributed by atoms with Gasteiger partial charge in [0.2, 0.25) is 5.91 Å². The molecule has 0 saturated heterocycles. The molecule has 28 heavy (non-hydrogen) atoms. The molecule has 0 unspecified atom stereocenters. The second-order valence-corrected chi connectivity index (χ2v) is 6.39. The Morgan fingerprint density at radius 1 is 1.11 bits per heavy atom. The van der Waals surface area contributed by atoms with E-state index in [1.165, 1.54) is 6.21 Å². The van der Waals surface area contributed by atoms with Gasteiger partial charge in [0.25, 0.3) is 0 Å². The molecule has 0 aliphatic carbocycles. The lowest BCUT2D eigenvalue weighted by Gasteiger charge is -2.06. The van der Waals surface area contributed by atoms with Gasteiger partial charge in [-0.25, -0.2) is 10.2 Å². The molecule has 1 amide bonds. The Hall–Kier alpha value is -3.38. The van der Waals surface area contributed by atoms with Gasteiger partial charge in [-0.2, -0.15) is 5.10 Å². The van der Waals surface area contributed by atoms with Crippen LogP contribution in [0.2, 0.25) is 5.02 Å². The number of nitrogens with one attached hydrogen (secondary N) is 1. The van der Waals surface area contributed by atoms with Crippen molar-refractivity contribution < 1.29 is 19.4 Å². The van der Waals surface area contributed by atoms with Gasteiger partial charge in [0.05, 0.1) is 17.7 Å². The summed E-state index contributed by atoms with van der Waals surface area (Å²) in [6.07, 6.45) is 1.66. The minimum absolute atomic E-state index is 0.210. The van der Waals surface area contributed by atoms with Crippen molar-refractivity contribution in [2.75, 3.05) is 6.61 Å². The predicted molar refractivity (Wildman–Crippen MR) is 108 cm³/mol. The van der Waals surface area contributed by atoms with E-state index >= 15 is 0 Å². The van der Waals surface area contributed by atoms with Crippen LogP contribution in [0.4, 0.5) is 0 Å². The Morgan fingerprint density at radius 2 is 1.89 bits per heavy atom. The minimum Gasteiger partial charge on any atom is -0.480 e. The SMILES string of the molecule is O=C(O)COc1ccc(C=NNC(=O)Cc2cccc3ccccc23)cc1Cl. The lowest BCUT2D eigenvalue weighted by Crippen LogP contribution is -2.19. The van der Waals surface area contributed by atoms with Crippen molar-refractivity contribution in [1.82, 2.24) is 5.43 Å². The maximum Gasteiger partial charge on any atom is 0.341 e. The summed E-state index contributed by atoms with van der Waals surface area (Å²) in [6, 6.07) is 18.5. The highest BCUT2D eigenvalue weighted by Crippen LogP contribution is 2.24. The first-order valence-corrected chi connectivity index (χ1v) is 8.83. The number of ether oxygens (including phenoxy) is 1. The van der Waals surface area contributed by atoms with E-state index in [1.54, 1.807) is 18.2 Å². The summed E-state index contributed by atoms with van der Waals surface area (Å²) >= 11 is 6.05. The molecular weight excluding hydrogens is 380 g/mol. The molecule has 3 rings (SSSR count). The molecule has 2 N–H and O–H groups in total. The highest BCUT2D eigenvalue weighted by molar-refractivity contribution is 6.32. The van der Waals surface area contributed by atoms with E-state index in [0.717, 1.165) is 16.3 Å². The van der Waals surface area contributed by atoms with Crippen LogP contribution in [0.5, 0.6) is 5.75 Å². The number of hydrogen-bond acceptors (Lipinski definition) is 4. The summed E-state index contributed by atoms with van der Waals surface area (Å²) in [5.74, 6) is -1.06. The third-order valence-electron chi connectivity index (χ3n) is 3.94. The quantitative estimate of drug-likeness (QED) is 0.471. The highest BCUT2D eigenvalue weighted by Gasteiger charge is 2.07. The fraction of sp³-hybridized carbons (Fsp3) is 0.0952. The molecule has 0 bridgehead atoms. The van der Waals surface area contributed by atoms with Gasteiger partial charge >= 0.3 is 5.97 Å². The summed E-state index contributed by atoms with van der Waals surface area (Å²) in [4.78, 5) is 22.7. The molecule has 0 heterocycles. The molecule has 0 aromatic heterocycles. The molecule has 0 fully saturated rings. The number of halogens is 1. The van der Waals surface area contributed by atoms with Crippen LogP contribution >= 0.6 is 11.6 Å². The number of carbonyl (C=O) groups excluding carboxylic acids is 1. The van der Waals surface area contributed by atoms with E-state index in [-0.39, 0.29) is 23.1 Å². The van der Waals surface area contributed by atoms with Crippen molar-refractivity contribution in [3.8, 4) is 5.75 Å². The molecule has 0 radical (unpaired) electrons. The van der Waals surface area contributed by atoms with Gasteiger partial charge in [-0.3, -0.25) is 4.79 Å². The van der Waals surface area contributed by atoms with Gasteiger partial charge in [0, 0.05) is 0 Å². The van der Waals surface area contributed by atoms with Crippen LogP contribution in [0.1, 0.15) is 11.1 Å². The molecule has 0 saturated carbocycles. The molecule has 7 heteroatoms. The Morgan fingerprint density at radius 3 is 2.68 bits per heavy atom. The fourth-order valence-corrected chi connectivity index (χ4v) is 2.94. The number of hydrogen-bond donors (Lipinski definition) is 2. The van der Waals surface area contributed by atoms with Crippen molar-refractivity contribution in [1.29, 1.82) is 0 Å².